The minimum atomic E-state index is -0.334. The third-order valence-corrected chi connectivity index (χ3v) is 3.17. The molecule has 0 aromatic carbocycles. The maximum atomic E-state index is 11.0. The Labute approximate surface area is 100 Å². The number of thioether (sulfide) groups is 1. The van der Waals surface area contributed by atoms with Crippen LogP contribution in [0.5, 0.6) is 0 Å². The van der Waals surface area contributed by atoms with Gasteiger partial charge in [0.1, 0.15) is 0 Å². The molecule has 4 nitrogen and oxygen atoms in total. The predicted molar refractivity (Wildman–Crippen MR) is 66.5 cm³/mol. The zero-order chi connectivity index (χ0) is 12.1. The van der Waals surface area contributed by atoms with E-state index in [9.17, 15) is 4.79 Å². The van der Waals surface area contributed by atoms with E-state index in [0.29, 0.717) is 5.75 Å². The van der Waals surface area contributed by atoms with Crippen molar-refractivity contribution in [3.8, 4) is 0 Å². The van der Waals surface area contributed by atoms with Crippen molar-refractivity contribution in [1.82, 2.24) is 10.3 Å². The molecule has 0 radical (unpaired) electrons. The Hall–Kier alpha value is -1.07. The van der Waals surface area contributed by atoms with Gasteiger partial charge in [0, 0.05) is 11.4 Å². The van der Waals surface area contributed by atoms with Crippen LogP contribution in [0.2, 0.25) is 0 Å². The molecule has 0 saturated carbocycles. The Bertz CT molecular complexity index is 361. The van der Waals surface area contributed by atoms with Crippen molar-refractivity contribution in [3.63, 3.8) is 0 Å². The van der Waals surface area contributed by atoms with Crippen LogP contribution in [0, 0.1) is 13.8 Å². The number of hydrogen-bond acceptors (Lipinski definition) is 4. The fourth-order valence-corrected chi connectivity index (χ4v) is 2.50. The number of carbonyl (C=O) groups is 1. The Morgan fingerprint density at radius 3 is 2.75 bits per heavy atom. The molecule has 3 N–H and O–H groups in total. The van der Waals surface area contributed by atoms with Crippen LogP contribution in [0.4, 0.5) is 0 Å². The highest BCUT2D eigenvalue weighted by atomic mass is 32.2. The number of rotatable bonds is 5. The molecule has 1 rings (SSSR count). The van der Waals surface area contributed by atoms with Gasteiger partial charge in [-0.1, -0.05) is 0 Å². The molecule has 0 fully saturated rings. The topological polar surface area (TPSA) is 68.0 Å². The number of aryl methyl sites for hydroxylation is 2. The van der Waals surface area contributed by atoms with E-state index in [1.807, 2.05) is 26.0 Å². The highest BCUT2D eigenvalue weighted by Crippen LogP contribution is 2.18. The standard InChI is InChI=1S/C11H17N3OS/c1-7-4-8(2)14-10(5-7)16-6-9(13-3)11(12)15/h4-5,9,13H,6H2,1-3H3,(H2,12,15). The summed E-state index contributed by atoms with van der Waals surface area (Å²) in [4.78, 5) is 15.4. The van der Waals surface area contributed by atoms with Crippen molar-refractivity contribution in [2.45, 2.75) is 24.9 Å². The van der Waals surface area contributed by atoms with Crippen molar-refractivity contribution >= 4 is 17.7 Å². The first-order valence-corrected chi connectivity index (χ1v) is 6.06. The molecule has 0 aliphatic rings. The van der Waals surface area contributed by atoms with Gasteiger partial charge in [-0.15, -0.1) is 11.8 Å². The first kappa shape index (κ1) is 13.0. The van der Waals surface area contributed by atoms with Crippen molar-refractivity contribution in [2.75, 3.05) is 12.8 Å². The lowest BCUT2D eigenvalue weighted by atomic mass is 10.3. The molecule has 0 aliphatic heterocycles. The van der Waals surface area contributed by atoms with Crippen LogP contribution in [-0.4, -0.2) is 29.7 Å². The number of primary amides is 1. The Balaban J connectivity index is 2.63. The van der Waals surface area contributed by atoms with Crippen LogP contribution in [0.1, 0.15) is 11.3 Å². The number of likely N-dealkylation sites (N-methyl/N-ethyl adjacent to an activating group) is 1. The molecule has 1 heterocycles. The quantitative estimate of drug-likeness (QED) is 0.748. The lowest BCUT2D eigenvalue weighted by Gasteiger charge is -2.11. The van der Waals surface area contributed by atoms with E-state index in [0.717, 1.165) is 10.7 Å². The molecule has 1 unspecified atom stereocenters. The lowest BCUT2D eigenvalue weighted by Crippen LogP contribution is -2.41. The molecule has 0 aliphatic carbocycles. The molecule has 0 saturated heterocycles. The molecule has 0 spiro atoms. The SMILES string of the molecule is CNC(CSc1cc(C)cc(C)n1)C(N)=O. The largest absolute Gasteiger partial charge is 0.368 e. The molecular formula is C11H17N3OS. The first-order valence-electron chi connectivity index (χ1n) is 5.07. The van der Waals surface area contributed by atoms with Crippen molar-refractivity contribution < 1.29 is 4.79 Å². The van der Waals surface area contributed by atoms with Crippen LogP contribution in [0.15, 0.2) is 17.2 Å². The molecule has 16 heavy (non-hydrogen) atoms. The highest BCUT2D eigenvalue weighted by molar-refractivity contribution is 7.99. The maximum absolute atomic E-state index is 11.0. The molecular weight excluding hydrogens is 222 g/mol. The fourth-order valence-electron chi connectivity index (χ4n) is 1.35. The third kappa shape index (κ3) is 3.83. The van der Waals surface area contributed by atoms with Crippen molar-refractivity contribution in [1.29, 1.82) is 0 Å². The van der Waals surface area contributed by atoms with Crippen molar-refractivity contribution in [3.05, 3.63) is 23.4 Å². The second-order valence-corrected chi connectivity index (χ2v) is 4.72. The van der Waals surface area contributed by atoms with Crippen LogP contribution in [-0.2, 0) is 4.79 Å². The fraction of sp³-hybridized carbons (Fsp3) is 0.455. The van der Waals surface area contributed by atoms with Gasteiger partial charge in [0.2, 0.25) is 5.91 Å². The maximum Gasteiger partial charge on any atom is 0.235 e. The smallest absolute Gasteiger partial charge is 0.235 e. The van der Waals surface area contributed by atoms with E-state index < -0.39 is 0 Å². The summed E-state index contributed by atoms with van der Waals surface area (Å²) in [7, 11) is 1.73. The Morgan fingerprint density at radius 1 is 1.56 bits per heavy atom. The predicted octanol–water partition coefficient (Wildman–Crippen LogP) is 0.864. The molecule has 1 aromatic rings. The van der Waals surface area contributed by atoms with Crippen molar-refractivity contribution in [2.24, 2.45) is 5.73 Å². The van der Waals surface area contributed by atoms with E-state index in [4.69, 9.17) is 5.73 Å². The monoisotopic (exact) mass is 239 g/mol. The Morgan fingerprint density at radius 2 is 2.25 bits per heavy atom. The normalized spacial score (nSPS) is 12.4. The van der Waals surface area contributed by atoms with Gasteiger partial charge in [-0.3, -0.25) is 4.79 Å². The number of nitrogens with one attached hydrogen (secondary N) is 1. The van der Waals surface area contributed by atoms with Crippen LogP contribution < -0.4 is 11.1 Å². The number of pyridine rings is 1. The summed E-state index contributed by atoms with van der Waals surface area (Å²) in [6.45, 7) is 3.99. The van der Waals surface area contributed by atoms with Gasteiger partial charge in [-0.2, -0.15) is 0 Å². The molecule has 1 atom stereocenters. The second kappa shape index (κ2) is 5.86. The van der Waals surface area contributed by atoms with Gasteiger partial charge in [-0.05, 0) is 38.6 Å². The summed E-state index contributed by atoms with van der Waals surface area (Å²) in [5.74, 6) is 0.265. The van der Waals surface area contributed by atoms with E-state index in [1.54, 1.807) is 7.05 Å². The van der Waals surface area contributed by atoms with Gasteiger partial charge in [0.25, 0.3) is 0 Å². The summed E-state index contributed by atoms with van der Waals surface area (Å²) in [6.07, 6.45) is 0. The number of carbonyl (C=O) groups excluding carboxylic acids is 1. The summed E-state index contributed by atoms with van der Waals surface area (Å²) < 4.78 is 0. The average Bonchev–Trinajstić information content (AvgIpc) is 2.16. The van der Waals surface area contributed by atoms with Crippen LogP contribution >= 0.6 is 11.8 Å². The molecule has 1 aromatic heterocycles. The van der Waals surface area contributed by atoms with Gasteiger partial charge >= 0.3 is 0 Å². The highest BCUT2D eigenvalue weighted by Gasteiger charge is 2.13. The van der Waals surface area contributed by atoms with Gasteiger partial charge in [-0.25, -0.2) is 4.98 Å². The molecule has 1 amide bonds. The van der Waals surface area contributed by atoms with E-state index >= 15 is 0 Å². The Kier molecular flexibility index (Phi) is 4.76. The lowest BCUT2D eigenvalue weighted by molar-refractivity contribution is -0.119. The summed E-state index contributed by atoms with van der Waals surface area (Å²) in [5.41, 5.74) is 7.40. The summed E-state index contributed by atoms with van der Waals surface area (Å²) in [5, 5.41) is 3.81. The first-order chi connectivity index (χ1) is 7.52. The number of aromatic nitrogens is 1. The minimum absolute atomic E-state index is 0.312. The number of nitrogens with zero attached hydrogens (tertiary/aromatic N) is 1. The van der Waals surface area contributed by atoms with E-state index in [-0.39, 0.29) is 11.9 Å². The molecule has 88 valence electrons. The second-order valence-electron chi connectivity index (χ2n) is 3.68. The molecule has 0 bridgehead atoms. The minimum Gasteiger partial charge on any atom is -0.368 e. The van der Waals surface area contributed by atoms with Crippen LogP contribution in [0.25, 0.3) is 0 Å². The summed E-state index contributed by atoms with van der Waals surface area (Å²) in [6, 6.07) is 3.71. The van der Waals surface area contributed by atoms with Gasteiger partial charge < -0.3 is 11.1 Å². The number of nitrogens with two attached hydrogens (primary N) is 1. The van der Waals surface area contributed by atoms with E-state index in [2.05, 4.69) is 10.3 Å². The third-order valence-electron chi connectivity index (χ3n) is 2.16. The average molecular weight is 239 g/mol. The van der Waals surface area contributed by atoms with E-state index in [1.165, 1.54) is 17.3 Å². The number of hydrogen-bond donors (Lipinski definition) is 2. The zero-order valence-corrected chi connectivity index (χ0v) is 10.6. The van der Waals surface area contributed by atoms with Crippen LogP contribution in [0.3, 0.4) is 0 Å². The van der Waals surface area contributed by atoms with Gasteiger partial charge in [0.15, 0.2) is 0 Å². The molecule has 5 heteroatoms. The number of amides is 1. The zero-order valence-electron chi connectivity index (χ0n) is 9.78. The summed E-state index contributed by atoms with van der Waals surface area (Å²) >= 11 is 1.54. The van der Waals surface area contributed by atoms with Gasteiger partial charge in [0.05, 0.1) is 11.1 Å².